The molecule has 0 atom stereocenters. The molecule has 0 aliphatic heterocycles. The predicted octanol–water partition coefficient (Wildman–Crippen LogP) is -0.307. The summed E-state index contributed by atoms with van der Waals surface area (Å²) in [6, 6.07) is 0. The normalized spacial score (nSPS) is 9.20. The summed E-state index contributed by atoms with van der Waals surface area (Å²) in [4.78, 5) is 7.80. The topological polar surface area (TPSA) is 77.8 Å². The SMILES string of the molecule is NC(=S)c1cnc(N)cn1. The van der Waals surface area contributed by atoms with E-state index in [0.717, 1.165) is 0 Å². The molecule has 4 nitrogen and oxygen atoms in total. The molecule has 1 rings (SSSR count). The molecule has 0 aliphatic carbocycles. The van der Waals surface area contributed by atoms with Crippen molar-refractivity contribution in [1.82, 2.24) is 9.97 Å². The number of hydrogen-bond acceptors (Lipinski definition) is 4. The molecule has 52 valence electrons. The highest BCUT2D eigenvalue weighted by molar-refractivity contribution is 7.80. The summed E-state index contributed by atoms with van der Waals surface area (Å²) < 4.78 is 0. The van der Waals surface area contributed by atoms with Gasteiger partial charge >= 0.3 is 0 Å². The Morgan fingerprint density at radius 2 is 2.10 bits per heavy atom. The Hall–Kier alpha value is -1.23. The first-order valence-electron chi connectivity index (χ1n) is 2.57. The lowest BCUT2D eigenvalue weighted by molar-refractivity contribution is 1.19. The highest BCUT2D eigenvalue weighted by atomic mass is 32.1. The van der Waals surface area contributed by atoms with Crippen molar-refractivity contribution < 1.29 is 0 Å². The molecular formula is C5H6N4S. The van der Waals surface area contributed by atoms with Crippen LogP contribution in [0.25, 0.3) is 0 Å². The number of nitrogens with two attached hydrogens (primary N) is 2. The molecule has 0 aliphatic rings. The number of nitrogens with zero attached hydrogens (tertiary/aromatic N) is 2. The van der Waals surface area contributed by atoms with Crippen LogP contribution in [0.15, 0.2) is 12.4 Å². The monoisotopic (exact) mass is 154 g/mol. The third kappa shape index (κ3) is 1.38. The van der Waals surface area contributed by atoms with Gasteiger partial charge in [-0.3, -0.25) is 0 Å². The third-order valence-corrected chi connectivity index (χ3v) is 1.13. The van der Waals surface area contributed by atoms with Crippen LogP contribution in [0.3, 0.4) is 0 Å². The van der Waals surface area contributed by atoms with Crippen molar-refractivity contribution in [2.45, 2.75) is 0 Å². The van der Waals surface area contributed by atoms with E-state index in [9.17, 15) is 0 Å². The lowest BCUT2D eigenvalue weighted by Crippen LogP contribution is -2.12. The van der Waals surface area contributed by atoms with Gasteiger partial charge in [-0.15, -0.1) is 0 Å². The predicted molar refractivity (Wildman–Crippen MR) is 42.3 cm³/mol. The largest absolute Gasteiger partial charge is 0.388 e. The average molecular weight is 154 g/mol. The molecule has 4 N–H and O–H groups in total. The van der Waals surface area contributed by atoms with E-state index >= 15 is 0 Å². The maximum Gasteiger partial charge on any atom is 0.141 e. The van der Waals surface area contributed by atoms with Crippen LogP contribution in [-0.4, -0.2) is 15.0 Å². The molecule has 0 unspecified atom stereocenters. The molecule has 0 spiro atoms. The van der Waals surface area contributed by atoms with Crippen LogP contribution >= 0.6 is 12.2 Å². The van der Waals surface area contributed by atoms with Crippen molar-refractivity contribution in [2.75, 3.05) is 5.73 Å². The van der Waals surface area contributed by atoms with Gasteiger partial charge in [0.25, 0.3) is 0 Å². The molecule has 1 aromatic heterocycles. The number of anilines is 1. The Morgan fingerprint density at radius 1 is 1.40 bits per heavy atom. The maximum atomic E-state index is 5.27. The molecule has 1 aromatic rings. The van der Waals surface area contributed by atoms with Crippen LogP contribution in [0, 0.1) is 0 Å². The first kappa shape index (κ1) is 6.88. The lowest BCUT2D eigenvalue weighted by Gasteiger charge is -1.94. The Morgan fingerprint density at radius 3 is 2.50 bits per heavy atom. The van der Waals surface area contributed by atoms with Crippen LogP contribution in [-0.2, 0) is 0 Å². The van der Waals surface area contributed by atoms with Gasteiger partial charge in [-0.1, -0.05) is 12.2 Å². The van der Waals surface area contributed by atoms with Crippen LogP contribution in [0.5, 0.6) is 0 Å². The van der Waals surface area contributed by atoms with E-state index < -0.39 is 0 Å². The summed E-state index contributed by atoms with van der Waals surface area (Å²) in [7, 11) is 0. The number of aromatic nitrogens is 2. The zero-order chi connectivity index (χ0) is 7.56. The second-order valence-electron chi connectivity index (χ2n) is 1.69. The van der Waals surface area contributed by atoms with Gasteiger partial charge in [0.1, 0.15) is 16.5 Å². The second kappa shape index (κ2) is 2.57. The fourth-order valence-electron chi connectivity index (χ4n) is 0.465. The smallest absolute Gasteiger partial charge is 0.141 e. The molecule has 0 bridgehead atoms. The van der Waals surface area contributed by atoms with Crippen LogP contribution < -0.4 is 11.5 Å². The fourth-order valence-corrected chi connectivity index (χ4v) is 0.571. The molecule has 10 heavy (non-hydrogen) atoms. The number of thiocarbonyl (C=S) groups is 1. The van der Waals surface area contributed by atoms with Gasteiger partial charge < -0.3 is 11.5 Å². The third-order valence-electron chi connectivity index (χ3n) is 0.924. The number of hydrogen-bond donors (Lipinski definition) is 2. The van der Waals surface area contributed by atoms with Crippen molar-refractivity contribution in [3.8, 4) is 0 Å². The zero-order valence-electron chi connectivity index (χ0n) is 5.11. The summed E-state index contributed by atoms with van der Waals surface area (Å²) in [6.07, 6.45) is 2.85. The minimum atomic E-state index is 0.229. The van der Waals surface area contributed by atoms with Crippen molar-refractivity contribution in [1.29, 1.82) is 0 Å². The van der Waals surface area contributed by atoms with Gasteiger partial charge in [0.15, 0.2) is 0 Å². The Labute approximate surface area is 63.3 Å². The Bertz CT molecular complexity index is 242. The molecule has 0 saturated carbocycles. The maximum absolute atomic E-state index is 5.27. The minimum absolute atomic E-state index is 0.229. The summed E-state index contributed by atoms with van der Waals surface area (Å²) in [5.74, 6) is 0.361. The molecule has 0 fully saturated rings. The van der Waals surface area contributed by atoms with E-state index in [0.29, 0.717) is 11.5 Å². The van der Waals surface area contributed by atoms with Gasteiger partial charge in [0.05, 0.1) is 12.4 Å². The quantitative estimate of drug-likeness (QED) is 0.543. The van der Waals surface area contributed by atoms with Crippen molar-refractivity contribution >= 4 is 23.0 Å². The van der Waals surface area contributed by atoms with Crippen molar-refractivity contribution in [2.24, 2.45) is 5.73 Å². The first-order chi connectivity index (χ1) is 4.70. The molecule has 0 radical (unpaired) electrons. The highest BCUT2D eigenvalue weighted by Gasteiger charge is 1.95. The van der Waals surface area contributed by atoms with Gasteiger partial charge in [0.2, 0.25) is 0 Å². The lowest BCUT2D eigenvalue weighted by atomic mass is 10.4. The van der Waals surface area contributed by atoms with Crippen molar-refractivity contribution in [3.05, 3.63) is 18.1 Å². The second-order valence-corrected chi connectivity index (χ2v) is 2.13. The average Bonchev–Trinajstić information content (AvgIpc) is 1.88. The number of nitrogen functional groups attached to an aromatic ring is 1. The summed E-state index contributed by atoms with van der Waals surface area (Å²) >= 11 is 4.64. The van der Waals surface area contributed by atoms with E-state index in [2.05, 4.69) is 22.2 Å². The molecule has 0 amide bonds. The minimum Gasteiger partial charge on any atom is -0.388 e. The van der Waals surface area contributed by atoms with E-state index in [4.69, 9.17) is 11.5 Å². The van der Waals surface area contributed by atoms with E-state index in [1.165, 1.54) is 12.4 Å². The molecular weight excluding hydrogens is 148 g/mol. The summed E-state index contributed by atoms with van der Waals surface area (Å²) in [6.45, 7) is 0. The van der Waals surface area contributed by atoms with Crippen LogP contribution in [0.2, 0.25) is 0 Å². The zero-order valence-corrected chi connectivity index (χ0v) is 5.93. The van der Waals surface area contributed by atoms with Gasteiger partial charge in [-0.2, -0.15) is 0 Å². The van der Waals surface area contributed by atoms with Crippen molar-refractivity contribution in [3.63, 3.8) is 0 Å². The molecule has 5 heteroatoms. The Balaban J connectivity index is 3.00. The van der Waals surface area contributed by atoms with Gasteiger partial charge in [0, 0.05) is 0 Å². The van der Waals surface area contributed by atoms with Crippen LogP contribution in [0.4, 0.5) is 5.82 Å². The van der Waals surface area contributed by atoms with Gasteiger partial charge in [-0.25, -0.2) is 9.97 Å². The molecule has 0 aromatic carbocycles. The molecule has 1 heterocycles. The first-order valence-corrected chi connectivity index (χ1v) is 2.98. The highest BCUT2D eigenvalue weighted by Crippen LogP contribution is 1.94. The summed E-state index contributed by atoms with van der Waals surface area (Å²) in [5.41, 5.74) is 11.0. The standard InChI is InChI=1S/C5H6N4S/c6-4-2-8-3(1-9-4)5(7)10/h1-2H,(H2,6,9)(H2,7,10). The Kier molecular flexibility index (Phi) is 1.77. The fraction of sp³-hybridized carbons (Fsp3) is 0. The summed E-state index contributed by atoms with van der Waals surface area (Å²) in [5, 5.41) is 0. The molecule has 0 saturated heterocycles. The van der Waals surface area contributed by atoms with Gasteiger partial charge in [-0.05, 0) is 0 Å². The van der Waals surface area contributed by atoms with E-state index in [1.807, 2.05) is 0 Å². The number of rotatable bonds is 1. The van der Waals surface area contributed by atoms with E-state index in [1.54, 1.807) is 0 Å². The van der Waals surface area contributed by atoms with Crippen LogP contribution in [0.1, 0.15) is 5.69 Å². The van der Waals surface area contributed by atoms with E-state index in [-0.39, 0.29) is 4.99 Å².